The van der Waals surface area contributed by atoms with Crippen molar-refractivity contribution in [2.75, 3.05) is 29.9 Å². The van der Waals surface area contributed by atoms with Crippen LogP contribution < -0.4 is 15.0 Å². The second-order valence-electron chi connectivity index (χ2n) is 9.99. The monoisotopic (exact) mass is 537 g/mol. The van der Waals surface area contributed by atoms with Crippen molar-refractivity contribution in [1.29, 1.82) is 0 Å². The molecular formula is C28H24FN9O2. The molecule has 2 aliphatic rings. The van der Waals surface area contributed by atoms with E-state index in [1.807, 2.05) is 17.0 Å². The first kappa shape index (κ1) is 23.9. The minimum atomic E-state index is -0.467. The van der Waals surface area contributed by atoms with Crippen molar-refractivity contribution in [2.45, 2.75) is 18.9 Å². The van der Waals surface area contributed by atoms with Crippen molar-refractivity contribution in [3.63, 3.8) is 0 Å². The molecular weight excluding hydrogens is 513 g/mol. The minimum absolute atomic E-state index is 0.0395. The topological polar surface area (TPSA) is 114 Å². The normalized spacial score (nSPS) is 15.7. The molecule has 1 spiro atoms. The molecule has 0 saturated carbocycles. The van der Waals surface area contributed by atoms with Gasteiger partial charge in [-0.05, 0) is 49.8 Å². The number of rotatable bonds is 6. The van der Waals surface area contributed by atoms with Gasteiger partial charge in [0, 0.05) is 37.5 Å². The highest BCUT2D eigenvalue weighted by molar-refractivity contribution is 5.90. The van der Waals surface area contributed by atoms with Crippen LogP contribution in [0.1, 0.15) is 12.0 Å². The molecule has 0 unspecified atom stereocenters. The lowest BCUT2D eigenvalue weighted by molar-refractivity contribution is -0.144. The summed E-state index contributed by atoms with van der Waals surface area (Å²) in [6, 6.07) is 10.5. The van der Waals surface area contributed by atoms with E-state index in [9.17, 15) is 4.79 Å². The molecule has 7 rings (SSSR count). The van der Waals surface area contributed by atoms with Gasteiger partial charge in [0.25, 0.3) is 0 Å². The molecule has 1 N–H and O–H groups in total. The summed E-state index contributed by atoms with van der Waals surface area (Å²) in [4.78, 5) is 33.8. The fraction of sp³-hybridized carbons (Fsp3) is 0.214. The van der Waals surface area contributed by atoms with E-state index in [4.69, 9.17) is 9.72 Å². The zero-order valence-electron chi connectivity index (χ0n) is 21.6. The highest BCUT2D eigenvalue weighted by Gasteiger charge is 2.55. The second kappa shape index (κ2) is 8.97. The number of nitrogens with zero attached hydrogens (tertiary/aromatic N) is 8. The summed E-state index contributed by atoms with van der Waals surface area (Å²) in [5.41, 5.74) is 2.20. The molecule has 2 saturated heterocycles. The first-order valence-corrected chi connectivity index (χ1v) is 12.8. The van der Waals surface area contributed by atoms with Gasteiger partial charge in [0.05, 0.1) is 16.7 Å². The highest BCUT2D eigenvalue weighted by Crippen LogP contribution is 2.41. The number of halogens is 1. The molecule has 1 amide bonds. The molecule has 2 aliphatic heterocycles. The van der Waals surface area contributed by atoms with E-state index >= 15 is 4.39 Å². The van der Waals surface area contributed by atoms with Gasteiger partial charge in [-0.2, -0.15) is 5.10 Å². The molecule has 11 nitrogen and oxygen atoms in total. The Balaban J connectivity index is 1.13. The molecule has 0 aliphatic carbocycles. The number of amides is 1. The van der Waals surface area contributed by atoms with Gasteiger partial charge in [0.15, 0.2) is 17.3 Å². The third kappa shape index (κ3) is 3.79. The number of pyridine rings is 2. The van der Waals surface area contributed by atoms with Crippen molar-refractivity contribution in [2.24, 2.45) is 0 Å². The fourth-order valence-corrected chi connectivity index (χ4v) is 5.34. The van der Waals surface area contributed by atoms with Crippen molar-refractivity contribution in [3.05, 3.63) is 79.3 Å². The average Bonchev–Trinajstić information content (AvgIpc) is 3.40. The average molecular weight is 538 g/mol. The van der Waals surface area contributed by atoms with Crippen LogP contribution in [0.2, 0.25) is 0 Å². The SMILES string of the molecule is C=CC(=O)N1CCC12CN(c1ccc3ncnc(Nc4ccc(Oc5ccn6ncnc6c5)c(C)c4F)c3n1)C2. The number of fused-ring (bicyclic) bond motifs is 2. The van der Waals surface area contributed by atoms with Gasteiger partial charge >= 0.3 is 0 Å². The Hall–Kier alpha value is -5.13. The molecule has 4 aromatic heterocycles. The van der Waals surface area contributed by atoms with Crippen LogP contribution in [-0.2, 0) is 4.79 Å². The molecule has 0 bridgehead atoms. The Morgan fingerprint density at radius 1 is 1.15 bits per heavy atom. The maximum atomic E-state index is 15.5. The summed E-state index contributed by atoms with van der Waals surface area (Å²) >= 11 is 0. The zero-order valence-corrected chi connectivity index (χ0v) is 21.6. The van der Waals surface area contributed by atoms with Gasteiger partial charge in [-0.3, -0.25) is 4.79 Å². The maximum Gasteiger partial charge on any atom is 0.246 e. The van der Waals surface area contributed by atoms with Crippen LogP contribution in [0.15, 0.2) is 67.9 Å². The summed E-state index contributed by atoms with van der Waals surface area (Å²) in [6.45, 7) is 7.40. The third-order valence-electron chi connectivity index (χ3n) is 7.65. The van der Waals surface area contributed by atoms with Crippen molar-refractivity contribution in [1.82, 2.24) is 34.4 Å². The number of carbonyl (C=O) groups is 1. The molecule has 1 aromatic carbocycles. The summed E-state index contributed by atoms with van der Waals surface area (Å²) in [5, 5.41) is 7.16. The molecule has 2 fully saturated rings. The molecule has 12 heteroatoms. The van der Waals surface area contributed by atoms with Crippen molar-refractivity contribution >= 4 is 39.9 Å². The van der Waals surface area contributed by atoms with Gasteiger partial charge in [0.1, 0.15) is 35.5 Å². The number of likely N-dealkylation sites (tertiary alicyclic amines) is 1. The van der Waals surface area contributed by atoms with Gasteiger partial charge in [-0.25, -0.2) is 28.8 Å². The van der Waals surface area contributed by atoms with E-state index in [1.54, 1.807) is 41.9 Å². The van der Waals surface area contributed by atoms with E-state index in [1.165, 1.54) is 18.7 Å². The van der Waals surface area contributed by atoms with Gasteiger partial charge in [-0.15, -0.1) is 0 Å². The van der Waals surface area contributed by atoms with Crippen molar-refractivity contribution < 1.29 is 13.9 Å². The van der Waals surface area contributed by atoms with Crippen LogP contribution in [0, 0.1) is 12.7 Å². The number of aromatic nitrogens is 6. The lowest BCUT2D eigenvalue weighted by atomic mass is 9.77. The van der Waals surface area contributed by atoms with Gasteiger partial charge < -0.3 is 19.9 Å². The maximum absolute atomic E-state index is 15.5. The predicted octanol–water partition coefficient (Wildman–Crippen LogP) is 4.03. The highest BCUT2D eigenvalue weighted by atomic mass is 19.1. The quantitative estimate of drug-likeness (QED) is 0.321. The van der Waals surface area contributed by atoms with Crippen LogP contribution in [0.5, 0.6) is 11.5 Å². The lowest BCUT2D eigenvalue weighted by Crippen LogP contribution is -2.78. The first-order valence-electron chi connectivity index (χ1n) is 12.8. The van der Waals surface area contributed by atoms with E-state index in [-0.39, 0.29) is 17.1 Å². The second-order valence-corrected chi connectivity index (χ2v) is 9.99. The largest absolute Gasteiger partial charge is 0.457 e. The number of hydrogen-bond donors (Lipinski definition) is 1. The summed E-state index contributed by atoms with van der Waals surface area (Å²) in [6.07, 6.45) is 6.92. The molecule has 40 heavy (non-hydrogen) atoms. The minimum Gasteiger partial charge on any atom is -0.457 e. The summed E-state index contributed by atoms with van der Waals surface area (Å²) < 4.78 is 23.1. The van der Waals surface area contributed by atoms with Gasteiger partial charge in [0.2, 0.25) is 5.91 Å². The smallest absolute Gasteiger partial charge is 0.246 e. The number of benzene rings is 1. The van der Waals surface area contributed by atoms with Gasteiger partial charge in [-0.1, -0.05) is 6.58 Å². The Kier molecular flexibility index (Phi) is 5.37. The van der Waals surface area contributed by atoms with E-state index in [0.717, 1.165) is 18.8 Å². The zero-order chi connectivity index (χ0) is 27.4. The van der Waals surface area contributed by atoms with E-state index in [2.05, 4.69) is 36.8 Å². The third-order valence-corrected chi connectivity index (χ3v) is 7.65. The van der Waals surface area contributed by atoms with Crippen LogP contribution in [0.25, 0.3) is 16.7 Å². The standard InChI is InChI=1S/C28H24FN9O2/c1-3-24(39)37-11-9-28(37)13-36(14-28)22-7-5-20-26(35-22)27(32-15-30-20)34-19-4-6-21(17(2)25(19)29)40-18-8-10-38-23(12-18)31-16-33-38/h3-8,10,12,15-16H,1,9,11,13-14H2,2H3,(H,30,32,34). The number of ether oxygens (including phenoxy) is 1. The molecule has 5 aromatic rings. The lowest BCUT2D eigenvalue weighted by Gasteiger charge is -2.62. The van der Waals surface area contributed by atoms with E-state index < -0.39 is 5.82 Å². The molecule has 0 atom stereocenters. The molecule has 0 radical (unpaired) electrons. The summed E-state index contributed by atoms with van der Waals surface area (Å²) in [5.74, 6) is 1.53. The van der Waals surface area contributed by atoms with Crippen LogP contribution in [0.4, 0.5) is 21.7 Å². The summed E-state index contributed by atoms with van der Waals surface area (Å²) in [7, 11) is 0. The van der Waals surface area contributed by atoms with Crippen molar-refractivity contribution in [3.8, 4) is 11.5 Å². The van der Waals surface area contributed by atoms with E-state index in [0.29, 0.717) is 52.7 Å². The fourth-order valence-electron chi connectivity index (χ4n) is 5.34. The molecule has 200 valence electrons. The Morgan fingerprint density at radius 3 is 2.83 bits per heavy atom. The van der Waals surface area contributed by atoms with Crippen LogP contribution in [0.3, 0.4) is 0 Å². The Labute approximate surface area is 228 Å². The predicted molar refractivity (Wildman–Crippen MR) is 146 cm³/mol. The number of hydrogen-bond acceptors (Lipinski definition) is 9. The first-order chi connectivity index (χ1) is 19.4. The Bertz CT molecular complexity index is 1820. The number of anilines is 3. The van der Waals surface area contributed by atoms with Crippen LogP contribution >= 0.6 is 0 Å². The van der Waals surface area contributed by atoms with Crippen LogP contribution in [-0.4, -0.2) is 65.5 Å². The Morgan fingerprint density at radius 2 is 2.02 bits per heavy atom. The molecule has 6 heterocycles. The number of carbonyl (C=O) groups excluding carboxylic acids is 1. The number of nitrogens with one attached hydrogen (secondary N) is 1.